The van der Waals surface area contributed by atoms with Gasteiger partial charge >= 0.3 is 0 Å². The summed E-state index contributed by atoms with van der Waals surface area (Å²) in [6.45, 7) is 1.35. The van der Waals surface area contributed by atoms with Crippen LogP contribution in [0, 0.1) is 5.82 Å². The normalized spacial score (nSPS) is 18.6. The Bertz CT molecular complexity index is 939. The van der Waals surface area contributed by atoms with Gasteiger partial charge in [0, 0.05) is 43.3 Å². The zero-order valence-electron chi connectivity index (χ0n) is 15.0. The number of likely N-dealkylation sites (tertiary alicyclic amines) is 1. The largest absolute Gasteiger partial charge is 0.341 e. The number of benzene rings is 1. The quantitative estimate of drug-likeness (QED) is 0.767. The fourth-order valence-corrected chi connectivity index (χ4v) is 3.80. The zero-order chi connectivity index (χ0) is 18.8. The Kier molecular flexibility index (Phi) is 4.85. The van der Waals surface area contributed by atoms with Crippen LogP contribution in [0.5, 0.6) is 0 Å². The second-order valence-electron chi connectivity index (χ2n) is 7.03. The summed E-state index contributed by atoms with van der Waals surface area (Å²) in [4.78, 5) is 23.2. The van der Waals surface area contributed by atoms with Crippen molar-refractivity contribution in [2.24, 2.45) is 5.73 Å². The molecule has 2 aromatic heterocycles. The van der Waals surface area contributed by atoms with Gasteiger partial charge in [0.15, 0.2) is 0 Å². The number of nitrogens with two attached hydrogens (primary N) is 1. The molecule has 0 aliphatic carbocycles. The molecule has 0 spiro atoms. The molecule has 1 aromatic carbocycles. The number of rotatable bonds is 4. The highest BCUT2D eigenvalue weighted by molar-refractivity contribution is 5.82. The van der Waals surface area contributed by atoms with Crippen LogP contribution < -0.4 is 5.73 Å². The average molecular weight is 367 g/mol. The number of carbonyl (C=O) groups is 1. The predicted molar refractivity (Wildman–Crippen MR) is 99.6 cm³/mol. The molecule has 3 aromatic rings. The minimum absolute atomic E-state index is 0.0556. The van der Waals surface area contributed by atoms with Crippen LogP contribution in [0.1, 0.15) is 30.0 Å². The molecule has 6 nitrogen and oxygen atoms in total. The maximum absolute atomic E-state index is 13.0. The summed E-state index contributed by atoms with van der Waals surface area (Å²) < 4.78 is 15.0. The Morgan fingerprint density at radius 3 is 2.81 bits per heavy atom. The highest BCUT2D eigenvalue weighted by Gasteiger charge is 2.29. The van der Waals surface area contributed by atoms with Crippen LogP contribution in [0.4, 0.5) is 4.39 Å². The van der Waals surface area contributed by atoms with Gasteiger partial charge in [0.1, 0.15) is 5.82 Å². The number of aromatic nitrogens is 3. The van der Waals surface area contributed by atoms with E-state index >= 15 is 0 Å². The topological polar surface area (TPSA) is 76.5 Å². The predicted octanol–water partition coefficient (Wildman–Crippen LogP) is 2.14. The molecular weight excluding hydrogens is 345 g/mol. The standard InChI is InChI=1S/C20H22FN5O/c21-16-5-3-14(4-6-16)12-17(22)19(27)25-10-1-2-15(13-25)18-7-8-23-20-24-9-11-26(18)20/h3-9,11,15,17H,1-2,10,12-13,22H2/t15-,17-/m1/s1. The van der Waals surface area contributed by atoms with Gasteiger partial charge in [-0.3, -0.25) is 9.20 Å². The number of halogens is 1. The lowest BCUT2D eigenvalue weighted by Gasteiger charge is -2.34. The summed E-state index contributed by atoms with van der Waals surface area (Å²) >= 11 is 0. The maximum Gasteiger partial charge on any atom is 0.239 e. The van der Waals surface area contributed by atoms with E-state index in [9.17, 15) is 9.18 Å². The van der Waals surface area contributed by atoms with Gasteiger partial charge in [-0.25, -0.2) is 14.4 Å². The van der Waals surface area contributed by atoms with Crippen LogP contribution in [-0.4, -0.2) is 44.3 Å². The lowest BCUT2D eigenvalue weighted by Crippen LogP contribution is -2.48. The van der Waals surface area contributed by atoms with Gasteiger partial charge in [-0.15, -0.1) is 0 Å². The molecule has 4 rings (SSSR count). The van der Waals surface area contributed by atoms with Crippen molar-refractivity contribution in [3.05, 3.63) is 66.0 Å². The maximum atomic E-state index is 13.0. The molecule has 1 aliphatic heterocycles. The Morgan fingerprint density at radius 1 is 1.22 bits per heavy atom. The van der Waals surface area contributed by atoms with E-state index in [0.717, 1.165) is 24.1 Å². The van der Waals surface area contributed by atoms with E-state index in [1.807, 2.05) is 21.6 Å². The smallest absolute Gasteiger partial charge is 0.239 e. The molecule has 1 amide bonds. The summed E-state index contributed by atoms with van der Waals surface area (Å²) in [7, 11) is 0. The van der Waals surface area contributed by atoms with Gasteiger partial charge in [-0.05, 0) is 43.0 Å². The number of carbonyl (C=O) groups excluding carboxylic acids is 1. The third-order valence-corrected chi connectivity index (χ3v) is 5.17. The van der Waals surface area contributed by atoms with Crippen molar-refractivity contribution in [2.45, 2.75) is 31.2 Å². The van der Waals surface area contributed by atoms with Gasteiger partial charge in [-0.1, -0.05) is 12.1 Å². The molecule has 0 radical (unpaired) electrons. The number of amides is 1. The van der Waals surface area contributed by atoms with Crippen LogP contribution in [0.3, 0.4) is 0 Å². The van der Waals surface area contributed by atoms with E-state index in [1.165, 1.54) is 12.1 Å². The molecule has 1 fully saturated rings. The fraction of sp³-hybridized carbons (Fsp3) is 0.350. The second kappa shape index (κ2) is 7.44. The van der Waals surface area contributed by atoms with Gasteiger partial charge in [-0.2, -0.15) is 0 Å². The van der Waals surface area contributed by atoms with Crippen LogP contribution >= 0.6 is 0 Å². The monoisotopic (exact) mass is 367 g/mol. The first-order chi connectivity index (χ1) is 13.1. The first-order valence-electron chi connectivity index (χ1n) is 9.18. The number of imidazole rings is 1. The SMILES string of the molecule is N[C@H](Cc1ccc(F)cc1)C(=O)N1CCC[C@@H](c2ccnc3nccn23)C1. The molecule has 0 bridgehead atoms. The number of nitrogens with zero attached hydrogens (tertiary/aromatic N) is 4. The average Bonchev–Trinajstić information content (AvgIpc) is 3.18. The molecule has 27 heavy (non-hydrogen) atoms. The van der Waals surface area contributed by atoms with Crippen molar-refractivity contribution in [3.63, 3.8) is 0 Å². The number of hydrogen-bond donors (Lipinski definition) is 1. The molecular formula is C20H22FN5O. The summed E-state index contributed by atoms with van der Waals surface area (Å²) in [6, 6.07) is 7.50. The molecule has 2 atom stereocenters. The van der Waals surface area contributed by atoms with Crippen molar-refractivity contribution in [1.29, 1.82) is 0 Å². The Hall–Kier alpha value is -2.80. The second-order valence-corrected chi connectivity index (χ2v) is 7.03. The lowest BCUT2D eigenvalue weighted by molar-refractivity contribution is -0.133. The van der Waals surface area contributed by atoms with Crippen molar-refractivity contribution >= 4 is 11.7 Å². The van der Waals surface area contributed by atoms with Gasteiger partial charge in [0.2, 0.25) is 11.7 Å². The van der Waals surface area contributed by atoms with Crippen LogP contribution in [0.15, 0.2) is 48.9 Å². The first-order valence-corrected chi connectivity index (χ1v) is 9.18. The third-order valence-electron chi connectivity index (χ3n) is 5.17. The molecule has 7 heteroatoms. The zero-order valence-corrected chi connectivity index (χ0v) is 15.0. The minimum Gasteiger partial charge on any atom is -0.341 e. The number of piperidine rings is 1. The Balaban J connectivity index is 1.46. The van der Waals surface area contributed by atoms with Crippen LogP contribution in [0.25, 0.3) is 5.78 Å². The fourth-order valence-electron chi connectivity index (χ4n) is 3.80. The minimum atomic E-state index is -0.625. The van der Waals surface area contributed by atoms with Gasteiger partial charge in [0.25, 0.3) is 0 Å². The third kappa shape index (κ3) is 3.68. The number of hydrogen-bond acceptors (Lipinski definition) is 4. The molecule has 3 heterocycles. The Morgan fingerprint density at radius 2 is 2.00 bits per heavy atom. The van der Waals surface area contributed by atoms with E-state index in [2.05, 4.69) is 9.97 Å². The van der Waals surface area contributed by atoms with Crippen molar-refractivity contribution in [3.8, 4) is 0 Å². The molecule has 0 unspecified atom stereocenters. The van der Waals surface area contributed by atoms with E-state index in [-0.39, 0.29) is 17.6 Å². The molecule has 1 saturated heterocycles. The highest BCUT2D eigenvalue weighted by Crippen LogP contribution is 2.27. The summed E-state index contributed by atoms with van der Waals surface area (Å²) in [6.07, 6.45) is 7.74. The van der Waals surface area contributed by atoms with Crippen LogP contribution in [-0.2, 0) is 11.2 Å². The summed E-state index contributed by atoms with van der Waals surface area (Å²) in [5.74, 6) is 0.546. The van der Waals surface area contributed by atoms with Crippen LogP contribution in [0.2, 0.25) is 0 Å². The number of fused-ring (bicyclic) bond motifs is 1. The lowest BCUT2D eigenvalue weighted by atomic mass is 9.93. The van der Waals surface area contributed by atoms with Crippen molar-refractivity contribution in [1.82, 2.24) is 19.3 Å². The highest BCUT2D eigenvalue weighted by atomic mass is 19.1. The molecule has 1 aliphatic rings. The van der Waals surface area contributed by atoms with E-state index in [4.69, 9.17) is 5.73 Å². The molecule has 0 saturated carbocycles. The first kappa shape index (κ1) is 17.6. The summed E-state index contributed by atoms with van der Waals surface area (Å²) in [5, 5.41) is 0. The Labute approximate surface area is 156 Å². The van der Waals surface area contributed by atoms with E-state index in [1.54, 1.807) is 24.5 Å². The van der Waals surface area contributed by atoms with Gasteiger partial charge in [0.05, 0.1) is 6.04 Å². The van der Waals surface area contributed by atoms with Gasteiger partial charge < -0.3 is 10.6 Å². The molecule has 140 valence electrons. The van der Waals surface area contributed by atoms with Crippen molar-refractivity contribution < 1.29 is 9.18 Å². The van der Waals surface area contributed by atoms with E-state index < -0.39 is 6.04 Å². The summed E-state index contributed by atoms with van der Waals surface area (Å²) in [5.41, 5.74) is 8.14. The van der Waals surface area contributed by atoms with E-state index in [0.29, 0.717) is 25.3 Å². The van der Waals surface area contributed by atoms with Crippen molar-refractivity contribution in [2.75, 3.05) is 13.1 Å². The molecule has 2 N–H and O–H groups in total.